The van der Waals surface area contributed by atoms with Crippen molar-refractivity contribution in [3.05, 3.63) is 52.8 Å². The Morgan fingerprint density at radius 2 is 1.76 bits per heavy atom. The van der Waals surface area contributed by atoms with Gasteiger partial charge in [-0.25, -0.2) is 27.2 Å². The van der Waals surface area contributed by atoms with Crippen molar-refractivity contribution in [3.63, 3.8) is 0 Å². The summed E-state index contributed by atoms with van der Waals surface area (Å²) in [5.41, 5.74) is 0.345. The van der Waals surface area contributed by atoms with Gasteiger partial charge in [0.1, 0.15) is 12.2 Å². The summed E-state index contributed by atoms with van der Waals surface area (Å²) in [6, 6.07) is 7.97. The first kappa shape index (κ1) is 20.8. The Bertz CT molecular complexity index is 1030. The number of alkyl halides is 4. The zero-order valence-electron chi connectivity index (χ0n) is 16.1. The van der Waals surface area contributed by atoms with Gasteiger partial charge in [-0.05, 0) is 36.6 Å². The average Bonchev–Trinajstić information content (AvgIpc) is 2.96. The molecule has 2 aromatic heterocycles. The average molecular weight is 408 g/mol. The van der Waals surface area contributed by atoms with Crippen LogP contribution >= 0.6 is 0 Å². The highest BCUT2D eigenvalue weighted by atomic mass is 19.3. The lowest BCUT2D eigenvalue weighted by Crippen LogP contribution is -2.20. The highest BCUT2D eigenvalue weighted by Crippen LogP contribution is 2.32. The Morgan fingerprint density at radius 3 is 2.31 bits per heavy atom. The Labute approximate surface area is 164 Å². The molecular formula is C20H20F4N4O. The smallest absolute Gasteiger partial charge is 0.280 e. The molecule has 5 nitrogen and oxygen atoms in total. The molecule has 0 aliphatic heterocycles. The summed E-state index contributed by atoms with van der Waals surface area (Å²) in [5.74, 6) is -0.133. The number of fused-ring (bicyclic) bond motifs is 1. The van der Waals surface area contributed by atoms with Crippen molar-refractivity contribution >= 4 is 22.6 Å². The molecule has 1 amide bonds. The van der Waals surface area contributed by atoms with Crippen molar-refractivity contribution < 1.29 is 22.4 Å². The van der Waals surface area contributed by atoms with Crippen LogP contribution in [0.4, 0.5) is 23.2 Å². The van der Waals surface area contributed by atoms with E-state index in [0.717, 1.165) is 10.2 Å². The predicted molar refractivity (Wildman–Crippen MR) is 101 cm³/mol. The molecule has 2 heterocycles. The number of nitrogens with one attached hydrogen (secondary N) is 1. The molecule has 0 saturated heterocycles. The summed E-state index contributed by atoms with van der Waals surface area (Å²) >= 11 is 0. The van der Waals surface area contributed by atoms with E-state index < -0.39 is 30.0 Å². The summed E-state index contributed by atoms with van der Waals surface area (Å²) in [6.07, 6.45) is -5.99. The Balaban J connectivity index is 1.90. The lowest BCUT2D eigenvalue weighted by Gasteiger charge is -2.10. The summed E-state index contributed by atoms with van der Waals surface area (Å²) < 4.78 is 54.0. The van der Waals surface area contributed by atoms with Crippen LogP contribution in [0.5, 0.6) is 0 Å². The van der Waals surface area contributed by atoms with Crippen LogP contribution in [0, 0.1) is 6.92 Å². The first-order valence-corrected chi connectivity index (χ1v) is 9.01. The third kappa shape index (κ3) is 4.38. The standard InChI is InChI=1S/C20H20F4N4O/c1-10(2)12-4-6-13(7-5-12)25-16(29)9-28-20-17(11(3)27-28)14(18(21)22)8-15(26-20)19(23)24/h4-8,10,18-19H,9H2,1-3H3,(H,25,29). The van der Waals surface area contributed by atoms with Crippen LogP contribution in [-0.4, -0.2) is 20.7 Å². The van der Waals surface area contributed by atoms with Crippen LogP contribution in [0.1, 0.15) is 55.1 Å². The van der Waals surface area contributed by atoms with Gasteiger partial charge in [-0.3, -0.25) is 4.79 Å². The third-order valence-corrected chi connectivity index (χ3v) is 4.54. The Kier molecular flexibility index (Phi) is 5.86. The summed E-state index contributed by atoms with van der Waals surface area (Å²) in [6.45, 7) is 5.22. The Hall–Kier alpha value is -2.97. The number of aromatic nitrogens is 3. The van der Waals surface area contributed by atoms with Gasteiger partial charge in [-0.15, -0.1) is 0 Å². The van der Waals surface area contributed by atoms with Gasteiger partial charge in [0, 0.05) is 11.3 Å². The fourth-order valence-corrected chi connectivity index (χ4v) is 3.09. The maximum Gasteiger partial charge on any atom is 0.280 e. The highest BCUT2D eigenvalue weighted by molar-refractivity contribution is 5.92. The van der Waals surface area contributed by atoms with Gasteiger partial charge in [0.25, 0.3) is 12.9 Å². The molecule has 0 unspecified atom stereocenters. The molecule has 0 saturated carbocycles. The van der Waals surface area contributed by atoms with E-state index in [4.69, 9.17) is 0 Å². The topological polar surface area (TPSA) is 59.8 Å². The van der Waals surface area contributed by atoms with Gasteiger partial charge in [-0.2, -0.15) is 5.10 Å². The van der Waals surface area contributed by atoms with E-state index in [-0.39, 0.29) is 23.3 Å². The molecule has 3 rings (SSSR count). The van der Waals surface area contributed by atoms with Crippen LogP contribution in [0.3, 0.4) is 0 Å². The number of aryl methyl sites for hydroxylation is 1. The van der Waals surface area contributed by atoms with Crippen molar-refractivity contribution in [1.29, 1.82) is 0 Å². The number of pyridine rings is 1. The van der Waals surface area contributed by atoms with Crippen molar-refractivity contribution in [1.82, 2.24) is 14.8 Å². The number of anilines is 1. The number of hydrogen-bond acceptors (Lipinski definition) is 3. The van der Waals surface area contributed by atoms with Gasteiger partial charge in [-0.1, -0.05) is 26.0 Å². The minimum Gasteiger partial charge on any atom is -0.324 e. The lowest BCUT2D eigenvalue weighted by atomic mass is 10.0. The molecule has 29 heavy (non-hydrogen) atoms. The number of amides is 1. The molecule has 9 heteroatoms. The minimum atomic E-state index is -3.02. The molecule has 0 bridgehead atoms. The molecule has 1 N–H and O–H groups in total. The van der Waals surface area contributed by atoms with Crippen LogP contribution < -0.4 is 5.32 Å². The van der Waals surface area contributed by atoms with Crippen LogP contribution in [-0.2, 0) is 11.3 Å². The largest absolute Gasteiger partial charge is 0.324 e. The molecule has 0 atom stereocenters. The number of halogens is 4. The van der Waals surface area contributed by atoms with Crippen LogP contribution in [0.15, 0.2) is 30.3 Å². The molecule has 0 aliphatic rings. The second-order valence-electron chi connectivity index (χ2n) is 7.00. The Morgan fingerprint density at radius 1 is 1.10 bits per heavy atom. The second kappa shape index (κ2) is 8.18. The number of nitrogens with zero attached hydrogens (tertiary/aromatic N) is 3. The van der Waals surface area contributed by atoms with E-state index in [1.807, 2.05) is 26.0 Å². The van der Waals surface area contributed by atoms with Gasteiger partial charge in [0.05, 0.1) is 11.1 Å². The molecule has 3 aromatic rings. The summed E-state index contributed by atoms with van der Waals surface area (Å²) in [5, 5.41) is 6.73. The van der Waals surface area contributed by atoms with Crippen molar-refractivity contribution in [2.24, 2.45) is 0 Å². The molecule has 0 fully saturated rings. The molecule has 0 radical (unpaired) electrons. The number of hydrogen-bond donors (Lipinski definition) is 1. The second-order valence-corrected chi connectivity index (χ2v) is 7.00. The lowest BCUT2D eigenvalue weighted by molar-refractivity contribution is -0.116. The first-order chi connectivity index (χ1) is 13.7. The fourth-order valence-electron chi connectivity index (χ4n) is 3.09. The van der Waals surface area contributed by atoms with E-state index in [2.05, 4.69) is 15.4 Å². The number of rotatable bonds is 6. The molecular weight excluding hydrogens is 388 g/mol. The summed E-state index contributed by atoms with van der Waals surface area (Å²) in [4.78, 5) is 16.2. The van der Waals surface area contributed by atoms with E-state index in [1.165, 1.54) is 6.92 Å². The van der Waals surface area contributed by atoms with E-state index >= 15 is 0 Å². The van der Waals surface area contributed by atoms with Crippen LogP contribution in [0.2, 0.25) is 0 Å². The molecule has 1 aromatic carbocycles. The zero-order valence-corrected chi connectivity index (χ0v) is 16.1. The van der Waals surface area contributed by atoms with E-state index in [0.29, 0.717) is 17.7 Å². The molecule has 0 spiro atoms. The SMILES string of the molecule is Cc1nn(CC(=O)Nc2ccc(C(C)C)cc2)c2nc(C(F)F)cc(C(F)F)c12. The zero-order chi connectivity index (χ0) is 21.3. The maximum atomic E-state index is 13.4. The van der Waals surface area contributed by atoms with E-state index in [9.17, 15) is 22.4 Å². The van der Waals surface area contributed by atoms with Gasteiger partial charge < -0.3 is 5.32 Å². The van der Waals surface area contributed by atoms with Gasteiger partial charge >= 0.3 is 0 Å². The summed E-state index contributed by atoms with van der Waals surface area (Å²) in [7, 11) is 0. The molecule has 154 valence electrons. The monoisotopic (exact) mass is 408 g/mol. The molecule has 0 aliphatic carbocycles. The van der Waals surface area contributed by atoms with Crippen molar-refractivity contribution in [2.75, 3.05) is 5.32 Å². The fraction of sp³-hybridized carbons (Fsp3) is 0.350. The normalized spacial score (nSPS) is 11.8. The number of carbonyl (C=O) groups excluding carboxylic acids is 1. The van der Waals surface area contributed by atoms with Crippen molar-refractivity contribution in [2.45, 2.75) is 46.1 Å². The minimum absolute atomic E-state index is 0.0153. The van der Waals surface area contributed by atoms with E-state index in [1.54, 1.807) is 12.1 Å². The van der Waals surface area contributed by atoms with Crippen LogP contribution in [0.25, 0.3) is 11.0 Å². The quantitative estimate of drug-likeness (QED) is 0.558. The third-order valence-electron chi connectivity index (χ3n) is 4.54. The van der Waals surface area contributed by atoms with Gasteiger partial charge in [0.15, 0.2) is 5.65 Å². The maximum absolute atomic E-state index is 13.4. The van der Waals surface area contributed by atoms with Gasteiger partial charge in [0.2, 0.25) is 5.91 Å². The number of benzene rings is 1. The highest BCUT2D eigenvalue weighted by Gasteiger charge is 2.23. The number of carbonyl (C=O) groups is 1. The van der Waals surface area contributed by atoms with Crippen molar-refractivity contribution in [3.8, 4) is 0 Å². The first-order valence-electron chi connectivity index (χ1n) is 9.01. The predicted octanol–water partition coefficient (Wildman–Crippen LogP) is 5.38.